The molecule has 0 unspecified atom stereocenters. The van der Waals surface area contributed by atoms with Crippen molar-refractivity contribution < 1.29 is 12.8 Å². The molecular weight excluding hydrogens is 291 g/mol. The van der Waals surface area contributed by atoms with Crippen molar-refractivity contribution in [3.8, 4) is 0 Å². The summed E-state index contributed by atoms with van der Waals surface area (Å²) in [7, 11) is -3.91. The Labute approximate surface area is 123 Å². The summed E-state index contributed by atoms with van der Waals surface area (Å²) in [4.78, 5) is -0.264. The SMILES string of the molecule is CCCc1ccc(NS(=O)(=O)c2cc(F)ccc2N)cc1. The smallest absolute Gasteiger partial charge is 0.264 e. The van der Waals surface area contributed by atoms with E-state index in [-0.39, 0.29) is 10.6 Å². The highest BCUT2D eigenvalue weighted by Gasteiger charge is 2.18. The molecule has 21 heavy (non-hydrogen) atoms. The van der Waals surface area contributed by atoms with Gasteiger partial charge in [-0.2, -0.15) is 0 Å². The molecule has 0 aromatic heterocycles. The van der Waals surface area contributed by atoms with Crippen LogP contribution in [0.2, 0.25) is 0 Å². The summed E-state index contributed by atoms with van der Waals surface area (Å²) in [5, 5.41) is 0. The van der Waals surface area contributed by atoms with Crippen molar-refractivity contribution in [1.82, 2.24) is 0 Å². The number of nitrogen functional groups attached to an aromatic ring is 1. The van der Waals surface area contributed by atoms with E-state index in [1.807, 2.05) is 12.1 Å². The van der Waals surface area contributed by atoms with Gasteiger partial charge in [0.05, 0.1) is 5.69 Å². The average Bonchev–Trinajstić information content (AvgIpc) is 2.43. The van der Waals surface area contributed by atoms with Gasteiger partial charge >= 0.3 is 0 Å². The van der Waals surface area contributed by atoms with Crippen LogP contribution in [0.25, 0.3) is 0 Å². The minimum Gasteiger partial charge on any atom is -0.398 e. The Morgan fingerprint density at radius 2 is 1.81 bits per heavy atom. The fourth-order valence-corrected chi connectivity index (χ4v) is 3.18. The highest BCUT2D eigenvalue weighted by molar-refractivity contribution is 7.92. The first-order chi connectivity index (χ1) is 9.92. The molecule has 0 bridgehead atoms. The van der Waals surface area contributed by atoms with E-state index in [1.165, 1.54) is 6.07 Å². The third kappa shape index (κ3) is 3.72. The van der Waals surface area contributed by atoms with Gasteiger partial charge in [-0.05, 0) is 42.3 Å². The molecule has 0 atom stereocenters. The van der Waals surface area contributed by atoms with Crippen LogP contribution in [-0.4, -0.2) is 8.42 Å². The maximum Gasteiger partial charge on any atom is 0.264 e. The van der Waals surface area contributed by atoms with E-state index < -0.39 is 15.8 Å². The minimum atomic E-state index is -3.91. The number of aryl methyl sites for hydroxylation is 1. The molecule has 4 nitrogen and oxygen atoms in total. The van der Waals surface area contributed by atoms with Crippen molar-refractivity contribution in [2.45, 2.75) is 24.7 Å². The molecule has 6 heteroatoms. The Bertz CT molecular complexity index is 728. The predicted octanol–water partition coefficient (Wildman–Crippen LogP) is 3.16. The van der Waals surface area contributed by atoms with Crippen LogP contribution in [0.5, 0.6) is 0 Å². The molecule has 3 N–H and O–H groups in total. The van der Waals surface area contributed by atoms with Crippen LogP contribution >= 0.6 is 0 Å². The minimum absolute atomic E-state index is 0.00602. The molecular formula is C15H17FN2O2S. The summed E-state index contributed by atoms with van der Waals surface area (Å²) < 4.78 is 40.1. The van der Waals surface area contributed by atoms with Gasteiger partial charge in [-0.15, -0.1) is 0 Å². The molecule has 0 saturated heterocycles. The monoisotopic (exact) mass is 308 g/mol. The van der Waals surface area contributed by atoms with E-state index in [1.54, 1.807) is 12.1 Å². The zero-order valence-corrected chi connectivity index (χ0v) is 12.5. The number of hydrogen-bond acceptors (Lipinski definition) is 3. The van der Waals surface area contributed by atoms with Gasteiger partial charge in [0.1, 0.15) is 10.7 Å². The Morgan fingerprint density at radius 3 is 2.43 bits per heavy atom. The molecule has 0 aliphatic heterocycles. The molecule has 0 spiro atoms. The van der Waals surface area contributed by atoms with Gasteiger partial charge in [-0.25, -0.2) is 12.8 Å². The fourth-order valence-electron chi connectivity index (χ4n) is 1.98. The summed E-state index contributed by atoms with van der Waals surface area (Å²) in [6.45, 7) is 2.07. The van der Waals surface area contributed by atoms with Crippen LogP contribution in [0.4, 0.5) is 15.8 Å². The highest BCUT2D eigenvalue weighted by atomic mass is 32.2. The van der Waals surface area contributed by atoms with Crippen LogP contribution in [0.3, 0.4) is 0 Å². The van der Waals surface area contributed by atoms with Gasteiger partial charge in [0.15, 0.2) is 0 Å². The van der Waals surface area contributed by atoms with Crippen molar-refractivity contribution in [2.75, 3.05) is 10.5 Å². The molecule has 0 radical (unpaired) electrons. The third-order valence-electron chi connectivity index (χ3n) is 3.01. The number of benzene rings is 2. The van der Waals surface area contributed by atoms with Gasteiger partial charge < -0.3 is 5.73 Å². The summed E-state index contributed by atoms with van der Waals surface area (Å²) in [5.74, 6) is -0.650. The van der Waals surface area contributed by atoms with Crippen molar-refractivity contribution in [3.05, 3.63) is 53.8 Å². The second-order valence-corrected chi connectivity index (χ2v) is 6.39. The Morgan fingerprint density at radius 1 is 1.14 bits per heavy atom. The Balaban J connectivity index is 2.26. The van der Waals surface area contributed by atoms with Gasteiger partial charge in [-0.3, -0.25) is 4.72 Å². The van der Waals surface area contributed by atoms with Crippen LogP contribution in [0, 0.1) is 5.82 Å². The highest BCUT2D eigenvalue weighted by Crippen LogP contribution is 2.22. The number of anilines is 2. The van der Waals surface area contributed by atoms with E-state index in [4.69, 9.17) is 5.73 Å². The third-order valence-corrected chi connectivity index (χ3v) is 4.45. The second-order valence-electron chi connectivity index (χ2n) is 4.73. The zero-order valence-electron chi connectivity index (χ0n) is 11.6. The maximum absolute atomic E-state index is 13.2. The first-order valence-electron chi connectivity index (χ1n) is 6.59. The van der Waals surface area contributed by atoms with Crippen molar-refractivity contribution >= 4 is 21.4 Å². The quantitative estimate of drug-likeness (QED) is 0.833. The first-order valence-corrected chi connectivity index (χ1v) is 8.07. The van der Waals surface area contributed by atoms with Crippen molar-refractivity contribution in [2.24, 2.45) is 0 Å². The van der Waals surface area contributed by atoms with E-state index >= 15 is 0 Å². The maximum atomic E-state index is 13.2. The lowest BCUT2D eigenvalue weighted by Crippen LogP contribution is -2.15. The first kappa shape index (κ1) is 15.3. The lowest BCUT2D eigenvalue weighted by atomic mass is 10.1. The predicted molar refractivity (Wildman–Crippen MR) is 82.1 cm³/mol. The molecule has 2 rings (SSSR count). The van der Waals surface area contributed by atoms with Gasteiger partial charge in [0.2, 0.25) is 0 Å². The molecule has 0 amide bonds. The summed E-state index contributed by atoms with van der Waals surface area (Å²) in [6.07, 6.45) is 1.95. The molecule has 0 aliphatic carbocycles. The van der Waals surface area contributed by atoms with Crippen molar-refractivity contribution in [1.29, 1.82) is 0 Å². The van der Waals surface area contributed by atoms with E-state index in [2.05, 4.69) is 11.6 Å². The summed E-state index contributed by atoms with van der Waals surface area (Å²) in [5.41, 5.74) is 7.16. The number of nitrogens with two attached hydrogens (primary N) is 1. The second kappa shape index (κ2) is 6.13. The summed E-state index contributed by atoms with van der Waals surface area (Å²) >= 11 is 0. The molecule has 0 fully saturated rings. The molecule has 0 heterocycles. The number of hydrogen-bond donors (Lipinski definition) is 2. The van der Waals surface area contributed by atoms with Crippen molar-refractivity contribution in [3.63, 3.8) is 0 Å². The lowest BCUT2D eigenvalue weighted by molar-refractivity contribution is 0.596. The molecule has 0 aliphatic rings. The Hall–Kier alpha value is -2.08. The van der Waals surface area contributed by atoms with Gasteiger partial charge in [0, 0.05) is 5.69 Å². The van der Waals surface area contributed by atoms with Crippen LogP contribution in [-0.2, 0) is 16.4 Å². The van der Waals surface area contributed by atoms with Crippen LogP contribution < -0.4 is 10.5 Å². The topological polar surface area (TPSA) is 72.2 Å². The lowest BCUT2D eigenvalue weighted by Gasteiger charge is -2.10. The van der Waals surface area contributed by atoms with E-state index in [0.29, 0.717) is 5.69 Å². The number of nitrogens with one attached hydrogen (secondary N) is 1. The number of sulfonamides is 1. The van der Waals surface area contributed by atoms with Gasteiger partial charge in [0.25, 0.3) is 10.0 Å². The molecule has 2 aromatic rings. The normalized spacial score (nSPS) is 11.3. The summed E-state index contributed by atoms with van der Waals surface area (Å²) in [6, 6.07) is 10.3. The van der Waals surface area contributed by atoms with Crippen LogP contribution in [0.15, 0.2) is 47.4 Å². The number of halogens is 1. The number of rotatable bonds is 5. The van der Waals surface area contributed by atoms with E-state index in [9.17, 15) is 12.8 Å². The van der Waals surface area contributed by atoms with Crippen LogP contribution in [0.1, 0.15) is 18.9 Å². The molecule has 112 valence electrons. The standard InChI is InChI=1S/C15H17FN2O2S/c1-2-3-11-4-7-13(8-5-11)18-21(19,20)15-10-12(16)6-9-14(15)17/h4-10,18H,2-3,17H2,1H3. The average molecular weight is 308 g/mol. The Kier molecular flexibility index (Phi) is 4.47. The molecule has 0 saturated carbocycles. The van der Waals surface area contributed by atoms with E-state index in [0.717, 1.165) is 30.5 Å². The van der Waals surface area contributed by atoms with Gasteiger partial charge in [-0.1, -0.05) is 25.5 Å². The largest absolute Gasteiger partial charge is 0.398 e. The molecule has 2 aromatic carbocycles. The fraction of sp³-hybridized carbons (Fsp3) is 0.200. The zero-order chi connectivity index (χ0) is 15.5.